The third-order valence-corrected chi connectivity index (χ3v) is 5.99. The van der Waals surface area contributed by atoms with Gasteiger partial charge in [-0.25, -0.2) is 9.97 Å². The smallest absolute Gasteiger partial charge is 0.255 e. The molecule has 0 aliphatic heterocycles. The van der Waals surface area contributed by atoms with E-state index in [1.54, 1.807) is 23.7 Å². The fourth-order valence-electron chi connectivity index (χ4n) is 2.69. The van der Waals surface area contributed by atoms with Crippen LogP contribution in [0.15, 0.2) is 40.9 Å². The Hall–Kier alpha value is -2.23. The maximum absolute atomic E-state index is 12.2. The molecule has 0 saturated heterocycles. The molecule has 0 fully saturated rings. The number of aromatic nitrogens is 4. The Morgan fingerprint density at radius 3 is 2.93 bits per heavy atom. The highest BCUT2D eigenvalue weighted by atomic mass is 32.2. The normalized spacial score (nSPS) is 11.1. The van der Waals surface area contributed by atoms with Crippen LogP contribution in [0.1, 0.15) is 21.8 Å². The van der Waals surface area contributed by atoms with Crippen LogP contribution >= 0.6 is 23.1 Å². The molecule has 0 radical (unpaired) electrons. The molecule has 154 valence electrons. The summed E-state index contributed by atoms with van der Waals surface area (Å²) < 4.78 is 0. The minimum absolute atomic E-state index is 0.0880. The zero-order valence-corrected chi connectivity index (χ0v) is 18.4. The average molecular weight is 431 g/mol. The molecule has 0 aliphatic rings. The number of hydrogen-bond acceptors (Lipinski definition) is 8. The fourth-order valence-corrected chi connectivity index (χ4v) is 4.45. The molecule has 0 bridgehead atoms. The molecule has 0 aliphatic carbocycles. The topological polar surface area (TPSA) is 86.8 Å². The van der Waals surface area contributed by atoms with Gasteiger partial charge in [0.25, 0.3) is 5.56 Å². The summed E-state index contributed by atoms with van der Waals surface area (Å²) in [6.45, 7) is 1.62. The molecule has 9 heteroatoms. The molecule has 3 aromatic heterocycles. The third kappa shape index (κ3) is 7.26. The van der Waals surface area contributed by atoms with Gasteiger partial charge in [-0.3, -0.25) is 14.8 Å². The van der Waals surface area contributed by atoms with E-state index in [0.717, 1.165) is 47.3 Å². The van der Waals surface area contributed by atoms with Gasteiger partial charge in [-0.1, -0.05) is 6.07 Å². The van der Waals surface area contributed by atoms with Crippen molar-refractivity contribution in [3.05, 3.63) is 68.3 Å². The Labute approximate surface area is 179 Å². The van der Waals surface area contributed by atoms with E-state index < -0.39 is 0 Å². The summed E-state index contributed by atoms with van der Waals surface area (Å²) in [6.07, 6.45) is 6.65. The Morgan fingerprint density at radius 1 is 1.28 bits per heavy atom. The summed E-state index contributed by atoms with van der Waals surface area (Å²) in [5.41, 5.74) is 2.84. The lowest BCUT2D eigenvalue weighted by molar-refractivity contribution is 0.401. The number of hydrogen-bond donors (Lipinski definition) is 2. The molecule has 0 aromatic carbocycles. The number of thiazole rings is 1. The van der Waals surface area contributed by atoms with Gasteiger partial charge >= 0.3 is 0 Å². The van der Waals surface area contributed by atoms with Crippen molar-refractivity contribution in [1.82, 2.24) is 24.8 Å². The number of thioether (sulfide) groups is 1. The van der Waals surface area contributed by atoms with Crippen LogP contribution in [0.4, 0.5) is 5.95 Å². The molecule has 0 spiro atoms. The molecule has 3 heterocycles. The minimum atomic E-state index is -0.0880. The molecule has 3 rings (SSSR count). The molecule has 7 nitrogen and oxygen atoms in total. The van der Waals surface area contributed by atoms with Gasteiger partial charge in [-0.15, -0.1) is 11.3 Å². The van der Waals surface area contributed by atoms with Crippen LogP contribution in [0.3, 0.4) is 0 Å². The molecule has 0 unspecified atom stereocenters. The van der Waals surface area contributed by atoms with Gasteiger partial charge in [-0.05, 0) is 38.6 Å². The molecule has 29 heavy (non-hydrogen) atoms. The van der Waals surface area contributed by atoms with Gasteiger partial charge in [-0.2, -0.15) is 11.8 Å². The first-order chi connectivity index (χ1) is 14.1. The van der Waals surface area contributed by atoms with E-state index in [4.69, 9.17) is 0 Å². The van der Waals surface area contributed by atoms with Crippen molar-refractivity contribution in [2.24, 2.45) is 0 Å². The zero-order valence-electron chi connectivity index (χ0n) is 16.7. The molecule has 3 aromatic rings. The van der Waals surface area contributed by atoms with Crippen molar-refractivity contribution in [1.29, 1.82) is 0 Å². The number of aryl methyl sites for hydroxylation is 2. The zero-order chi connectivity index (χ0) is 20.5. The van der Waals surface area contributed by atoms with Gasteiger partial charge in [0.15, 0.2) is 0 Å². The Kier molecular flexibility index (Phi) is 8.21. The van der Waals surface area contributed by atoms with Crippen molar-refractivity contribution < 1.29 is 0 Å². The summed E-state index contributed by atoms with van der Waals surface area (Å²) in [5, 5.41) is 6.46. The second kappa shape index (κ2) is 11.1. The van der Waals surface area contributed by atoms with Crippen LogP contribution in [-0.2, 0) is 25.1 Å². The molecule has 0 atom stereocenters. The molecule has 2 N–H and O–H groups in total. The summed E-state index contributed by atoms with van der Waals surface area (Å²) in [7, 11) is 4.10. The highest BCUT2D eigenvalue weighted by Crippen LogP contribution is 2.16. The molecular weight excluding hydrogens is 404 g/mol. The summed E-state index contributed by atoms with van der Waals surface area (Å²) in [6, 6.07) is 3.91. The van der Waals surface area contributed by atoms with Crippen LogP contribution in [0.2, 0.25) is 0 Å². The number of nitrogens with one attached hydrogen (secondary N) is 2. The predicted molar refractivity (Wildman–Crippen MR) is 121 cm³/mol. The second-order valence-electron chi connectivity index (χ2n) is 6.90. The Morgan fingerprint density at radius 2 is 2.17 bits per heavy atom. The van der Waals surface area contributed by atoms with Gasteiger partial charge < -0.3 is 10.2 Å². The number of H-pyrrole nitrogens is 1. The first kappa shape index (κ1) is 21.5. The van der Waals surface area contributed by atoms with E-state index in [2.05, 4.69) is 35.5 Å². The van der Waals surface area contributed by atoms with E-state index in [1.807, 2.05) is 44.2 Å². The van der Waals surface area contributed by atoms with Crippen LogP contribution < -0.4 is 10.9 Å². The first-order valence-corrected chi connectivity index (χ1v) is 11.5. The van der Waals surface area contributed by atoms with Crippen LogP contribution in [-0.4, -0.2) is 51.2 Å². The van der Waals surface area contributed by atoms with E-state index in [1.165, 1.54) is 0 Å². The maximum atomic E-state index is 12.2. The molecule has 0 saturated carbocycles. The van der Waals surface area contributed by atoms with Crippen molar-refractivity contribution >= 4 is 29.0 Å². The van der Waals surface area contributed by atoms with Crippen LogP contribution in [0.25, 0.3) is 0 Å². The predicted octanol–water partition coefficient (Wildman–Crippen LogP) is 2.81. The number of aromatic amines is 1. The highest BCUT2D eigenvalue weighted by molar-refractivity contribution is 7.98. The van der Waals surface area contributed by atoms with Gasteiger partial charge in [0.1, 0.15) is 5.01 Å². The van der Waals surface area contributed by atoms with Crippen LogP contribution in [0, 0.1) is 0 Å². The highest BCUT2D eigenvalue weighted by Gasteiger charge is 2.05. The second-order valence-corrected chi connectivity index (χ2v) is 8.94. The van der Waals surface area contributed by atoms with E-state index in [-0.39, 0.29) is 5.56 Å². The Balaban J connectivity index is 1.38. The average Bonchev–Trinajstić information content (AvgIpc) is 3.14. The van der Waals surface area contributed by atoms with Crippen LogP contribution in [0.5, 0.6) is 0 Å². The minimum Gasteiger partial charge on any atom is -0.355 e. The lowest BCUT2D eigenvalue weighted by Gasteiger charge is -2.06. The van der Waals surface area contributed by atoms with Crippen molar-refractivity contribution in [2.75, 3.05) is 31.7 Å². The number of anilines is 1. The van der Waals surface area contributed by atoms with Crippen molar-refractivity contribution in [3.8, 4) is 0 Å². The largest absolute Gasteiger partial charge is 0.355 e. The van der Waals surface area contributed by atoms with E-state index in [9.17, 15) is 4.79 Å². The van der Waals surface area contributed by atoms with E-state index >= 15 is 0 Å². The summed E-state index contributed by atoms with van der Waals surface area (Å²) in [4.78, 5) is 30.3. The number of nitrogens with zero attached hydrogens (tertiary/aromatic N) is 4. The van der Waals surface area contributed by atoms with Crippen molar-refractivity contribution in [2.45, 2.75) is 25.1 Å². The lowest BCUT2D eigenvalue weighted by Crippen LogP contribution is -2.18. The monoisotopic (exact) mass is 430 g/mol. The molecule has 0 amide bonds. The Bertz CT molecular complexity index is 941. The number of pyridine rings is 1. The van der Waals surface area contributed by atoms with Crippen molar-refractivity contribution in [3.63, 3.8) is 0 Å². The summed E-state index contributed by atoms with van der Waals surface area (Å²) in [5.74, 6) is 2.32. The van der Waals surface area contributed by atoms with Gasteiger partial charge in [0.05, 0.1) is 5.69 Å². The van der Waals surface area contributed by atoms with Gasteiger partial charge in [0.2, 0.25) is 5.95 Å². The first-order valence-electron chi connectivity index (χ1n) is 9.47. The SMILES string of the molecule is CN(C)Cc1nc(CSCCNc2ncc(CCc3cccnc3)c(=O)[nH]2)cs1. The fraction of sp³-hybridized carbons (Fsp3) is 0.400. The number of rotatable bonds is 11. The lowest BCUT2D eigenvalue weighted by atomic mass is 10.1. The maximum Gasteiger partial charge on any atom is 0.255 e. The third-order valence-electron chi connectivity index (χ3n) is 4.12. The molecular formula is C20H26N6OS2. The van der Waals surface area contributed by atoms with E-state index in [0.29, 0.717) is 17.9 Å². The standard InChI is InChI=1S/C20H26N6OS2/c1-26(2)12-18-24-17(14-29-18)13-28-9-8-22-20-23-11-16(19(27)25-20)6-5-15-4-3-7-21-10-15/h3-4,7,10-11,14H,5-6,8-9,12-13H2,1-2H3,(H2,22,23,25,27). The van der Waals surface area contributed by atoms with Gasteiger partial charge in [0, 0.05) is 54.1 Å². The quantitative estimate of drug-likeness (QED) is 0.452. The summed E-state index contributed by atoms with van der Waals surface area (Å²) >= 11 is 3.52.